The highest BCUT2D eigenvalue weighted by molar-refractivity contribution is 7.75. The maximum Gasteiger partial charge on any atom is 0.0594 e. The molecule has 186 valence electrons. The third-order valence-electron chi connectivity index (χ3n) is 7.10. The van der Waals surface area contributed by atoms with E-state index in [0.29, 0.717) is 0 Å². The minimum Gasteiger partial charge on any atom is -0.0885 e. The van der Waals surface area contributed by atoms with Crippen LogP contribution in [-0.2, 0) is 0 Å². The van der Waals surface area contributed by atoms with Crippen molar-refractivity contribution in [1.82, 2.24) is 0 Å². The second-order valence-corrected chi connectivity index (χ2v) is 14.7. The quantitative estimate of drug-likeness (QED) is 0.0732. The van der Waals surface area contributed by atoms with Crippen molar-refractivity contribution in [2.24, 2.45) is 0 Å². The molecule has 0 N–H and O–H groups in total. The van der Waals surface area contributed by atoms with Gasteiger partial charge in [0, 0.05) is 7.26 Å². The largest absolute Gasteiger partial charge is 0.0885 e. The fourth-order valence-corrected chi connectivity index (χ4v) is 10.0. The summed E-state index contributed by atoms with van der Waals surface area (Å²) < 4.78 is 0. The molecule has 0 aliphatic heterocycles. The molecular weight excluding hydrogens is 391 g/mol. The van der Waals surface area contributed by atoms with Gasteiger partial charge in [-0.3, -0.25) is 0 Å². The molecule has 0 rings (SSSR count). The van der Waals surface area contributed by atoms with Crippen molar-refractivity contribution in [3.05, 3.63) is 12.2 Å². The fraction of sp³-hybridized carbons (Fsp3) is 0.933. The van der Waals surface area contributed by atoms with Crippen molar-refractivity contribution in [3.8, 4) is 0 Å². The first kappa shape index (κ1) is 31.2. The molecule has 0 aromatic carbocycles. The van der Waals surface area contributed by atoms with Crippen LogP contribution in [-0.4, -0.2) is 24.6 Å². The maximum atomic E-state index is 2.46. The van der Waals surface area contributed by atoms with Gasteiger partial charge in [-0.2, -0.15) is 0 Å². The van der Waals surface area contributed by atoms with Gasteiger partial charge in [0.15, 0.2) is 0 Å². The van der Waals surface area contributed by atoms with Gasteiger partial charge < -0.3 is 0 Å². The Balaban J connectivity index is 3.80. The molecule has 0 atom stereocenters. The van der Waals surface area contributed by atoms with Crippen molar-refractivity contribution < 1.29 is 0 Å². The van der Waals surface area contributed by atoms with Crippen LogP contribution in [0.2, 0.25) is 0 Å². The minimum absolute atomic E-state index is 0.643. The van der Waals surface area contributed by atoms with Crippen LogP contribution in [0.25, 0.3) is 0 Å². The van der Waals surface area contributed by atoms with Crippen LogP contribution in [0.3, 0.4) is 0 Å². The van der Waals surface area contributed by atoms with Gasteiger partial charge in [-0.05, 0) is 57.8 Å². The molecule has 0 aliphatic rings. The molecule has 0 saturated heterocycles. The SMILES string of the molecule is CCCCCCCC/C=C/CCCCCCCC[P+](CCCC)(CCCC)CCCC. The number of unbranched alkanes of at least 4 members (excludes halogenated alkanes) is 15. The molecular formula is C30H62P+. The Morgan fingerprint density at radius 2 is 0.677 bits per heavy atom. The minimum atomic E-state index is -0.643. The zero-order valence-corrected chi connectivity index (χ0v) is 23.5. The lowest BCUT2D eigenvalue weighted by Crippen LogP contribution is -2.13. The molecule has 0 radical (unpaired) electrons. The van der Waals surface area contributed by atoms with Gasteiger partial charge in [-0.15, -0.1) is 0 Å². The molecule has 0 spiro atoms. The first-order valence-corrected chi connectivity index (χ1v) is 17.3. The summed E-state index contributed by atoms with van der Waals surface area (Å²) in [6, 6.07) is 0. The highest BCUT2D eigenvalue weighted by Crippen LogP contribution is 2.61. The summed E-state index contributed by atoms with van der Waals surface area (Å²) in [5.74, 6) is 0. The Kier molecular flexibility index (Phi) is 24.9. The summed E-state index contributed by atoms with van der Waals surface area (Å²) in [4.78, 5) is 0. The maximum absolute atomic E-state index is 2.46. The van der Waals surface area contributed by atoms with E-state index in [1.807, 2.05) is 0 Å². The molecule has 0 aromatic rings. The molecule has 0 saturated carbocycles. The van der Waals surface area contributed by atoms with Gasteiger partial charge in [0.1, 0.15) is 0 Å². The summed E-state index contributed by atoms with van der Waals surface area (Å²) >= 11 is 0. The van der Waals surface area contributed by atoms with Crippen LogP contribution in [0.5, 0.6) is 0 Å². The summed E-state index contributed by atoms with van der Waals surface area (Å²) in [7, 11) is -0.643. The van der Waals surface area contributed by atoms with Crippen LogP contribution in [0.4, 0.5) is 0 Å². The Morgan fingerprint density at radius 1 is 0.355 bits per heavy atom. The van der Waals surface area contributed by atoms with Gasteiger partial charge in [0.2, 0.25) is 0 Å². The number of allylic oxidation sites excluding steroid dienone is 2. The molecule has 0 amide bonds. The predicted octanol–water partition coefficient (Wildman–Crippen LogP) is 11.4. The highest BCUT2D eigenvalue weighted by atomic mass is 31.2. The molecule has 0 aliphatic carbocycles. The average Bonchev–Trinajstić information content (AvgIpc) is 2.79. The summed E-state index contributed by atoms with van der Waals surface area (Å²) in [6.45, 7) is 9.46. The summed E-state index contributed by atoms with van der Waals surface area (Å²) in [5.41, 5.74) is 0. The summed E-state index contributed by atoms with van der Waals surface area (Å²) in [5, 5.41) is 0. The van der Waals surface area contributed by atoms with Crippen molar-refractivity contribution in [1.29, 1.82) is 0 Å². The van der Waals surface area contributed by atoms with Crippen LogP contribution < -0.4 is 0 Å². The van der Waals surface area contributed by atoms with Crippen LogP contribution in [0.1, 0.15) is 156 Å². The normalized spacial score (nSPS) is 12.3. The third kappa shape index (κ3) is 20.5. The van der Waals surface area contributed by atoms with Crippen molar-refractivity contribution in [3.63, 3.8) is 0 Å². The number of hydrogen-bond donors (Lipinski definition) is 0. The van der Waals surface area contributed by atoms with Crippen LogP contribution in [0, 0.1) is 0 Å². The van der Waals surface area contributed by atoms with Gasteiger partial charge in [0.25, 0.3) is 0 Å². The Bertz CT molecular complexity index is 338. The predicted molar refractivity (Wildman–Crippen MR) is 151 cm³/mol. The Hall–Kier alpha value is 0.170. The van der Waals surface area contributed by atoms with E-state index in [1.165, 1.54) is 128 Å². The second kappa shape index (κ2) is 24.8. The smallest absolute Gasteiger partial charge is 0.0594 e. The van der Waals surface area contributed by atoms with E-state index in [4.69, 9.17) is 0 Å². The topological polar surface area (TPSA) is 0 Å². The lowest BCUT2D eigenvalue weighted by atomic mass is 10.1. The standard InChI is InChI=1S/C30H62P/c1-5-9-13-14-15-16-17-18-19-20-21-22-23-24-25-26-30-31(27-10-6-2,28-11-7-3)29-12-8-4/h18-19H,5-17,20-30H2,1-4H3/q+1/b19-18+. The fourth-order valence-electron chi connectivity index (χ4n) is 4.85. The Labute approximate surface area is 200 Å². The van der Waals surface area contributed by atoms with E-state index >= 15 is 0 Å². The molecule has 0 heterocycles. The molecule has 1 heteroatoms. The lowest BCUT2D eigenvalue weighted by Gasteiger charge is -2.28. The van der Waals surface area contributed by atoms with Gasteiger partial charge >= 0.3 is 0 Å². The number of rotatable bonds is 25. The molecule has 0 nitrogen and oxygen atoms in total. The van der Waals surface area contributed by atoms with E-state index < -0.39 is 7.26 Å². The lowest BCUT2D eigenvalue weighted by molar-refractivity contribution is 0.606. The summed E-state index contributed by atoms with van der Waals surface area (Å²) in [6.07, 6.45) is 40.0. The first-order chi connectivity index (χ1) is 15.2. The van der Waals surface area contributed by atoms with Crippen LogP contribution >= 0.6 is 7.26 Å². The molecule has 0 unspecified atom stereocenters. The zero-order chi connectivity index (χ0) is 22.9. The first-order valence-electron chi connectivity index (χ1n) is 14.7. The van der Waals surface area contributed by atoms with E-state index in [0.717, 1.165) is 0 Å². The Morgan fingerprint density at radius 3 is 1.10 bits per heavy atom. The monoisotopic (exact) mass is 453 g/mol. The second-order valence-electron chi connectivity index (χ2n) is 10.2. The van der Waals surface area contributed by atoms with Crippen molar-refractivity contribution in [2.45, 2.75) is 156 Å². The molecule has 0 fully saturated rings. The van der Waals surface area contributed by atoms with E-state index in [-0.39, 0.29) is 0 Å². The average molecular weight is 454 g/mol. The van der Waals surface area contributed by atoms with Gasteiger partial charge in [-0.25, -0.2) is 0 Å². The molecule has 0 aromatic heterocycles. The number of hydrogen-bond acceptors (Lipinski definition) is 0. The molecule has 0 bridgehead atoms. The zero-order valence-electron chi connectivity index (χ0n) is 22.6. The third-order valence-corrected chi connectivity index (χ3v) is 12.2. The van der Waals surface area contributed by atoms with E-state index in [1.54, 1.807) is 24.6 Å². The van der Waals surface area contributed by atoms with Crippen LogP contribution in [0.15, 0.2) is 12.2 Å². The highest BCUT2D eigenvalue weighted by Gasteiger charge is 2.34. The molecule has 31 heavy (non-hydrogen) atoms. The van der Waals surface area contributed by atoms with Gasteiger partial charge in [0.05, 0.1) is 24.6 Å². The van der Waals surface area contributed by atoms with E-state index in [2.05, 4.69) is 39.8 Å². The van der Waals surface area contributed by atoms with Crippen molar-refractivity contribution in [2.75, 3.05) is 24.6 Å². The van der Waals surface area contributed by atoms with E-state index in [9.17, 15) is 0 Å². The van der Waals surface area contributed by atoms with Crippen molar-refractivity contribution >= 4 is 7.26 Å². The van der Waals surface area contributed by atoms with Gasteiger partial charge in [-0.1, -0.05) is 110 Å².